The van der Waals surface area contributed by atoms with Crippen LogP contribution >= 0.6 is 0 Å². The second kappa shape index (κ2) is 13.0. The van der Waals surface area contributed by atoms with Crippen LogP contribution in [0.3, 0.4) is 0 Å². The van der Waals surface area contributed by atoms with Gasteiger partial charge in [-0.15, -0.1) is 0 Å². The Morgan fingerprint density at radius 1 is 0.977 bits per heavy atom. The number of nitrogens with one attached hydrogen (secondary N) is 1. The molecule has 0 aliphatic heterocycles. The van der Waals surface area contributed by atoms with Gasteiger partial charge in [-0.1, -0.05) is 48.5 Å². The summed E-state index contributed by atoms with van der Waals surface area (Å²) in [4.78, 5) is 27.9. The molecule has 0 amide bonds. The number of methoxy groups -OCH3 is 1. The minimum absolute atomic E-state index is 0.0286. The Morgan fingerprint density at radius 2 is 1.65 bits per heavy atom. The minimum atomic E-state index is -3.89. The molecule has 0 saturated heterocycles. The van der Waals surface area contributed by atoms with Gasteiger partial charge in [0.25, 0.3) is 5.56 Å². The van der Waals surface area contributed by atoms with E-state index >= 15 is 8.78 Å². The van der Waals surface area contributed by atoms with Crippen molar-refractivity contribution in [3.63, 3.8) is 0 Å². The van der Waals surface area contributed by atoms with Crippen molar-refractivity contribution in [2.75, 3.05) is 19.9 Å². The minimum Gasteiger partial charge on any atom is -0.494 e. The molecule has 4 aromatic rings. The summed E-state index contributed by atoms with van der Waals surface area (Å²) in [6.45, 7) is 2.90. The SMILES string of the molecule is COc1cccc(-c2c(C)n(Cc3c(F)cccc3S(C)(=O)=O)c(=O)n(C[C@H](NCC(C)N)c3ccccc3)c2=O)c1F. The van der Waals surface area contributed by atoms with E-state index in [1.54, 1.807) is 6.92 Å². The molecule has 3 aromatic carbocycles. The first-order valence-corrected chi connectivity index (χ1v) is 15.4. The lowest BCUT2D eigenvalue weighted by Crippen LogP contribution is -2.45. The number of hydrogen-bond donors (Lipinski definition) is 2. The van der Waals surface area contributed by atoms with Gasteiger partial charge in [0.05, 0.1) is 36.7 Å². The first-order valence-electron chi connectivity index (χ1n) is 13.5. The van der Waals surface area contributed by atoms with Gasteiger partial charge in [-0.3, -0.25) is 13.9 Å². The van der Waals surface area contributed by atoms with Crippen molar-refractivity contribution in [2.24, 2.45) is 5.73 Å². The predicted molar refractivity (Wildman–Crippen MR) is 161 cm³/mol. The summed E-state index contributed by atoms with van der Waals surface area (Å²) in [7, 11) is -2.61. The fourth-order valence-electron chi connectivity index (χ4n) is 5.00. The predicted octanol–water partition coefficient (Wildman–Crippen LogP) is 3.40. The normalized spacial score (nSPS) is 13.1. The molecule has 3 N–H and O–H groups in total. The molecule has 4 rings (SSSR count). The van der Waals surface area contributed by atoms with E-state index in [-0.39, 0.29) is 45.6 Å². The molecule has 228 valence electrons. The van der Waals surface area contributed by atoms with E-state index in [0.29, 0.717) is 6.54 Å². The van der Waals surface area contributed by atoms with Crippen molar-refractivity contribution in [1.29, 1.82) is 0 Å². The van der Waals surface area contributed by atoms with Crippen molar-refractivity contribution in [2.45, 2.75) is 43.9 Å². The molecular formula is C31H34F2N4O5S. The summed E-state index contributed by atoms with van der Waals surface area (Å²) in [5, 5.41) is 3.28. The first kappa shape index (κ1) is 31.8. The zero-order chi connectivity index (χ0) is 31.5. The van der Waals surface area contributed by atoms with Crippen molar-refractivity contribution >= 4 is 9.84 Å². The zero-order valence-electron chi connectivity index (χ0n) is 24.3. The lowest BCUT2D eigenvalue weighted by atomic mass is 10.0. The van der Waals surface area contributed by atoms with Gasteiger partial charge in [0, 0.05) is 35.7 Å². The summed E-state index contributed by atoms with van der Waals surface area (Å²) < 4.78 is 63.0. The van der Waals surface area contributed by atoms with Crippen LogP contribution in [0.5, 0.6) is 5.75 Å². The van der Waals surface area contributed by atoms with E-state index in [1.165, 1.54) is 44.4 Å². The Kier molecular flexibility index (Phi) is 9.63. The van der Waals surface area contributed by atoms with E-state index in [4.69, 9.17) is 10.5 Å². The molecule has 0 aliphatic rings. The number of ether oxygens (including phenoxy) is 1. The van der Waals surface area contributed by atoms with Crippen molar-refractivity contribution in [3.8, 4) is 16.9 Å². The lowest BCUT2D eigenvalue weighted by Gasteiger charge is -2.24. The maximum atomic E-state index is 15.6. The molecule has 43 heavy (non-hydrogen) atoms. The highest BCUT2D eigenvalue weighted by Crippen LogP contribution is 2.29. The van der Waals surface area contributed by atoms with Crippen LogP contribution in [-0.2, 0) is 22.9 Å². The molecule has 9 nitrogen and oxygen atoms in total. The standard InChI is InChI=1S/C31H34F2N4O5S/c1-19(34)16-35-25(21-10-6-5-7-11-21)18-37-30(38)28(22-12-8-14-26(42-3)29(22)33)20(2)36(31(37)39)17-23-24(32)13-9-15-27(23)43(4,40)41/h5-15,19,25,35H,16-18,34H2,1-4H3/t19?,25-/m0/s1. The largest absolute Gasteiger partial charge is 0.494 e. The Bertz CT molecular complexity index is 1850. The van der Waals surface area contributed by atoms with E-state index in [2.05, 4.69) is 5.32 Å². The van der Waals surface area contributed by atoms with Gasteiger partial charge in [-0.2, -0.15) is 0 Å². The number of benzene rings is 3. The van der Waals surface area contributed by atoms with Crippen molar-refractivity contribution in [3.05, 3.63) is 116 Å². The van der Waals surface area contributed by atoms with Gasteiger partial charge in [0.2, 0.25) is 0 Å². The van der Waals surface area contributed by atoms with Crippen molar-refractivity contribution < 1.29 is 21.9 Å². The van der Waals surface area contributed by atoms with E-state index < -0.39 is 45.3 Å². The second-order valence-electron chi connectivity index (χ2n) is 10.4. The summed E-state index contributed by atoms with van der Waals surface area (Å²) in [6, 6.07) is 16.2. The molecule has 1 aromatic heterocycles. The van der Waals surface area contributed by atoms with Gasteiger partial charge in [0.15, 0.2) is 21.4 Å². The summed E-state index contributed by atoms with van der Waals surface area (Å²) >= 11 is 0. The first-order chi connectivity index (χ1) is 20.3. The Labute approximate surface area is 248 Å². The van der Waals surface area contributed by atoms with Crippen LogP contribution < -0.4 is 27.0 Å². The summed E-state index contributed by atoms with van der Waals surface area (Å²) in [6.07, 6.45) is 0.938. The number of nitrogens with two attached hydrogens (primary N) is 1. The van der Waals surface area contributed by atoms with Crippen LogP contribution in [0.4, 0.5) is 8.78 Å². The quantitative estimate of drug-likeness (QED) is 0.266. The highest BCUT2D eigenvalue weighted by Gasteiger charge is 2.26. The average Bonchev–Trinajstić information content (AvgIpc) is 2.96. The zero-order valence-corrected chi connectivity index (χ0v) is 25.1. The highest BCUT2D eigenvalue weighted by molar-refractivity contribution is 7.90. The number of hydrogen-bond acceptors (Lipinski definition) is 7. The van der Waals surface area contributed by atoms with E-state index in [9.17, 15) is 18.0 Å². The maximum absolute atomic E-state index is 15.6. The highest BCUT2D eigenvalue weighted by atomic mass is 32.2. The third-order valence-corrected chi connectivity index (χ3v) is 8.37. The fraction of sp³-hybridized carbons (Fsp3) is 0.290. The van der Waals surface area contributed by atoms with Gasteiger partial charge < -0.3 is 15.8 Å². The summed E-state index contributed by atoms with van der Waals surface area (Å²) in [5.74, 6) is -1.78. The molecule has 0 fully saturated rings. The van der Waals surface area contributed by atoms with Crippen LogP contribution in [0.15, 0.2) is 81.2 Å². The number of halogens is 2. The molecule has 0 bridgehead atoms. The molecular weight excluding hydrogens is 578 g/mol. The van der Waals surface area contributed by atoms with Crippen LogP contribution in [0, 0.1) is 18.6 Å². The molecule has 12 heteroatoms. The molecule has 1 unspecified atom stereocenters. The molecule has 1 heterocycles. The van der Waals surface area contributed by atoms with Crippen LogP contribution in [0.2, 0.25) is 0 Å². The van der Waals surface area contributed by atoms with Crippen molar-refractivity contribution in [1.82, 2.24) is 14.5 Å². The topological polar surface area (TPSA) is 125 Å². The molecule has 0 saturated carbocycles. The monoisotopic (exact) mass is 612 g/mol. The van der Waals surface area contributed by atoms with Crippen LogP contribution in [-0.4, -0.2) is 43.5 Å². The second-order valence-corrected chi connectivity index (χ2v) is 12.4. The van der Waals surface area contributed by atoms with Gasteiger partial charge in [0.1, 0.15) is 5.82 Å². The third kappa shape index (κ3) is 6.76. The average molecular weight is 613 g/mol. The summed E-state index contributed by atoms with van der Waals surface area (Å²) in [5.41, 5.74) is 4.65. The van der Waals surface area contributed by atoms with Crippen LogP contribution in [0.25, 0.3) is 11.1 Å². The molecule has 0 aliphatic carbocycles. The lowest BCUT2D eigenvalue weighted by molar-refractivity contribution is 0.387. The van der Waals surface area contributed by atoms with Gasteiger partial charge >= 0.3 is 5.69 Å². The molecule has 2 atom stereocenters. The fourth-order valence-corrected chi connectivity index (χ4v) is 5.94. The Hall–Kier alpha value is -4.13. The number of rotatable bonds is 11. The maximum Gasteiger partial charge on any atom is 0.331 e. The molecule has 0 radical (unpaired) electrons. The van der Waals surface area contributed by atoms with E-state index in [0.717, 1.165) is 27.0 Å². The number of nitrogens with zero attached hydrogens (tertiary/aromatic N) is 2. The van der Waals surface area contributed by atoms with E-state index in [1.807, 2.05) is 30.3 Å². The van der Waals surface area contributed by atoms with Gasteiger partial charge in [-0.05, 0) is 37.6 Å². The molecule has 0 spiro atoms. The Morgan fingerprint density at radius 3 is 2.28 bits per heavy atom. The third-order valence-electron chi connectivity index (χ3n) is 7.18. The smallest absolute Gasteiger partial charge is 0.331 e. The Balaban J connectivity index is 2.02. The number of aromatic nitrogens is 2. The van der Waals surface area contributed by atoms with Crippen LogP contribution in [0.1, 0.15) is 29.8 Å². The van der Waals surface area contributed by atoms with Gasteiger partial charge in [-0.25, -0.2) is 22.0 Å². The number of sulfone groups is 1.